The summed E-state index contributed by atoms with van der Waals surface area (Å²) < 4.78 is 91.0. The lowest BCUT2D eigenvalue weighted by molar-refractivity contribution is -0.138. The first-order valence-electron chi connectivity index (χ1n) is 25.5. The summed E-state index contributed by atoms with van der Waals surface area (Å²) in [6.07, 6.45) is -4.31. The number of amides is 5. The number of pyridine rings is 2. The molecule has 6 heterocycles. The number of alkyl halides is 6. The number of nitrogen functional groups attached to an aromatic ring is 2. The Hall–Kier alpha value is -9.24. The summed E-state index contributed by atoms with van der Waals surface area (Å²) in [6, 6.07) is 13.3. The number of likely N-dealkylation sites (tertiary alicyclic amines) is 2. The fourth-order valence-electron chi connectivity index (χ4n) is 8.98. The number of piperidine rings is 2. The van der Waals surface area contributed by atoms with Crippen molar-refractivity contribution in [1.82, 2.24) is 39.1 Å². The lowest BCUT2D eigenvalue weighted by Crippen LogP contribution is -2.43. The van der Waals surface area contributed by atoms with Crippen LogP contribution in [0.4, 0.5) is 47.6 Å². The quantitative estimate of drug-likeness (QED) is 0.0549. The van der Waals surface area contributed by atoms with Crippen molar-refractivity contribution >= 4 is 47.5 Å². The monoisotopic (exact) mass is 1150 g/mol. The molecular formula is C54H59F6N13O9. The van der Waals surface area contributed by atoms with Crippen LogP contribution in [0.25, 0.3) is 22.5 Å². The van der Waals surface area contributed by atoms with Crippen molar-refractivity contribution in [3.63, 3.8) is 0 Å². The van der Waals surface area contributed by atoms with E-state index in [2.05, 4.69) is 30.6 Å². The highest BCUT2D eigenvalue weighted by Crippen LogP contribution is 2.38. The molecule has 28 heteroatoms. The van der Waals surface area contributed by atoms with Crippen molar-refractivity contribution in [2.24, 2.45) is 5.73 Å². The maximum absolute atomic E-state index is 13.0. The average molecular weight is 1150 g/mol. The van der Waals surface area contributed by atoms with Crippen molar-refractivity contribution in [2.75, 3.05) is 35.4 Å². The van der Waals surface area contributed by atoms with Gasteiger partial charge in [0.25, 0.3) is 17.7 Å². The molecule has 22 nitrogen and oxygen atoms in total. The number of nitrogens with zero attached hydrogens (tertiary/aromatic N) is 8. The zero-order valence-corrected chi connectivity index (χ0v) is 45.2. The SMILES string of the molecule is CC(C)(C)OC(=O)N1CCCC[C@H]1c1nc(-c2ccc(C(=O)Nc3cc(C(F)(F)F)ccn3)cc2)c(C(=O)O)n1N.CC(C)(C)OC(=O)N1CCCC[C@H]1c1nc(-c2ccc(C(=O)Nc3cc(C(F)(F)F)ccn3)cc2)c(C(N)=O)n1N. The van der Waals surface area contributed by atoms with Crippen LogP contribution in [-0.2, 0) is 21.8 Å². The smallest absolute Gasteiger partial charge is 0.416 e. The Morgan fingerprint density at radius 2 is 0.939 bits per heavy atom. The number of aromatic nitrogens is 6. The van der Waals surface area contributed by atoms with Crippen LogP contribution in [0.15, 0.2) is 85.2 Å². The van der Waals surface area contributed by atoms with E-state index in [1.807, 2.05) is 0 Å². The lowest BCUT2D eigenvalue weighted by Gasteiger charge is -2.36. The number of ether oxygens (including phenoxy) is 2. The average Bonchev–Trinajstić information content (AvgIpc) is 3.81. The van der Waals surface area contributed by atoms with E-state index in [1.54, 1.807) is 41.5 Å². The number of benzene rings is 2. The summed E-state index contributed by atoms with van der Waals surface area (Å²) in [5.41, 5.74) is 2.96. The number of nitrogens with two attached hydrogens (primary N) is 3. The third-order valence-corrected chi connectivity index (χ3v) is 12.7. The molecule has 0 saturated carbocycles. The van der Waals surface area contributed by atoms with Crippen LogP contribution < -0.4 is 28.1 Å². The normalized spacial score (nSPS) is 15.9. The van der Waals surface area contributed by atoms with Crippen molar-refractivity contribution in [3.8, 4) is 22.5 Å². The van der Waals surface area contributed by atoms with Crippen LogP contribution in [0.3, 0.4) is 0 Å². The number of anilines is 2. The van der Waals surface area contributed by atoms with E-state index in [4.69, 9.17) is 26.9 Å². The summed E-state index contributed by atoms with van der Waals surface area (Å²) >= 11 is 0. The number of carbonyl (C=O) groups is 6. The zero-order valence-electron chi connectivity index (χ0n) is 45.2. The van der Waals surface area contributed by atoms with Crippen LogP contribution in [0, 0.1) is 0 Å². The van der Waals surface area contributed by atoms with Gasteiger partial charge in [0.15, 0.2) is 23.0 Å². The number of aromatic carboxylic acids is 1. The van der Waals surface area contributed by atoms with Gasteiger partial charge in [-0.3, -0.25) is 24.2 Å². The summed E-state index contributed by atoms with van der Waals surface area (Å²) in [7, 11) is 0. The Labute approximate surface area is 464 Å². The number of carboxylic acid groups (broad SMARTS) is 1. The fourth-order valence-corrected chi connectivity index (χ4v) is 8.98. The van der Waals surface area contributed by atoms with Gasteiger partial charge in [-0.25, -0.2) is 43.7 Å². The van der Waals surface area contributed by atoms with Crippen molar-refractivity contribution in [3.05, 3.63) is 130 Å². The molecule has 2 fully saturated rings. The van der Waals surface area contributed by atoms with Gasteiger partial charge >= 0.3 is 30.5 Å². The maximum atomic E-state index is 13.0. The Morgan fingerprint density at radius 3 is 1.28 bits per heavy atom. The van der Waals surface area contributed by atoms with Gasteiger partial charge in [-0.05, 0) is 129 Å². The van der Waals surface area contributed by atoms with E-state index in [9.17, 15) is 60.2 Å². The topological polar surface area (TPSA) is 311 Å². The van der Waals surface area contributed by atoms with Gasteiger partial charge in [-0.15, -0.1) is 0 Å². The second kappa shape index (κ2) is 23.8. The summed E-state index contributed by atoms with van der Waals surface area (Å²) in [5.74, 6) is 8.76. The van der Waals surface area contributed by atoms with Gasteiger partial charge < -0.3 is 42.6 Å². The van der Waals surface area contributed by atoms with Crippen LogP contribution in [0.5, 0.6) is 0 Å². The van der Waals surface area contributed by atoms with Gasteiger partial charge in [0.05, 0.1) is 23.2 Å². The van der Waals surface area contributed by atoms with Crippen LogP contribution >= 0.6 is 0 Å². The molecule has 2 saturated heterocycles. The van der Waals surface area contributed by atoms with Gasteiger partial charge in [0, 0.05) is 47.7 Å². The number of halogens is 6. The van der Waals surface area contributed by atoms with Crippen molar-refractivity contribution in [1.29, 1.82) is 0 Å². The van der Waals surface area contributed by atoms with Gasteiger partial charge in [-0.1, -0.05) is 24.3 Å². The predicted octanol–water partition coefficient (Wildman–Crippen LogP) is 9.58. The van der Waals surface area contributed by atoms with E-state index in [1.165, 1.54) is 58.3 Å². The Bertz CT molecular complexity index is 3150. The van der Waals surface area contributed by atoms with E-state index in [0.717, 1.165) is 65.6 Å². The third-order valence-electron chi connectivity index (χ3n) is 12.7. The van der Waals surface area contributed by atoms with Gasteiger partial charge in [0.2, 0.25) is 0 Å². The first kappa shape index (κ1) is 60.4. The molecule has 0 aliphatic carbocycles. The maximum Gasteiger partial charge on any atom is 0.416 e. The second-order valence-corrected chi connectivity index (χ2v) is 21.0. The highest BCUT2D eigenvalue weighted by atomic mass is 19.4. The molecule has 6 aromatic rings. The Morgan fingerprint density at radius 1 is 0.573 bits per heavy atom. The molecule has 0 radical (unpaired) electrons. The standard InChI is InChI=1S/C27H30F3N7O4.C27H29F3N6O5/c1-26(2,3)41-25(40)36-13-5-4-6-18(36)23-35-20(21(22(31)38)37(23)32)15-7-9-16(10-8-15)24(39)34-19-14-17(11-12-33-19)27(28,29)30;1-26(2,3)41-25(40)35-13-5-4-6-18(35)22-34-20(21(24(38)39)36(22)31)15-7-9-16(10-8-15)23(37)33-19-14-17(11-12-32-19)27(28,29)30/h7-12,14,18H,4-6,13,32H2,1-3H3,(H2,31,38)(H,33,34,39);7-12,14,18H,4-6,13,31H2,1-3H3,(H,38,39)(H,32,33,37)/t2*18-/m00/s1. The predicted molar refractivity (Wildman–Crippen MR) is 285 cm³/mol. The van der Waals surface area contributed by atoms with Crippen molar-refractivity contribution in [2.45, 2.75) is 116 Å². The summed E-state index contributed by atoms with van der Waals surface area (Å²) in [6.45, 7) is 11.3. The fraction of sp³-hybridized carbons (Fsp3) is 0.370. The molecule has 2 aromatic carbocycles. The number of hydrogen-bond acceptors (Lipinski definition) is 14. The Balaban J connectivity index is 0.000000236. The molecule has 5 amide bonds. The molecule has 82 heavy (non-hydrogen) atoms. The van der Waals surface area contributed by atoms with E-state index in [0.29, 0.717) is 43.1 Å². The number of nitrogens with one attached hydrogen (secondary N) is 2. The number of primary amides is 1. The zero-order chi connectivity index (χ0) is 60.2. The molecule has 9 N–H and O–H groups in total. The van der Waals surface area contributed by atoms with Gasteiger partial charge in [0.1, 0.15) is 34.2 Å². The molecule has 0 unspecified atom stereocenters. The highest BCUT2D eigenvalue weighted by Gasteiger charge is 2.39. The minimum Gasteiger partial charge on any atom is -0.476 e. The van der Waals surface area contributed by atoms with Gasteiger partial charge in [-0.2, -0.15) is 26.3 Å². The van der Waals surface area contributed by atoms with Crippen LogP contribution in [0.2, 0.25) is 0 Å². The van der Waals surface area contributed by atoms with Crippen LogP contribution in [0.1, 0.15) is 157 Å². The summed E-state index contributed by atoms with van der Waals surface area (Å²) in [5, 5.41) is 14.6. The number of hydrogen-bond donors (Lipinski definition) is 6. The number of imidazole rings is 2. The number of carbonyl (C=O) groups excluding carboxylic acids is 5. The Kier molecular flexibility index (Phi) is 17.6. The highest BCUT2D eigenvalue weighted by molar-refractivity contribution is 6.05. The molecule has 2 atom stereocenters. The second-order valence-electron chi connectivity index (χ2n) is 21.0. The molecule has 8 rings (SSSR count). The molecular weight excluding hydrogens is 1090 g/mol. The molecule has 4 aromatic heterocycles. The van der Waals surface area contributed by atoms with E-state index in [-0.39, 0.29) is 57.2 Å². The molecule has 0 spiro atoms. The first-order valence-corrected chi connectivity index (χ1v) is 25.5. The molecule has 2 aliphatic heterocycles. The molecule has 436 valence electrons. The van der Waals surface area contributed by atoms with Crippen molar-refractivity contribution < 1.29 is 69.7 Å². The van der Waals surface area contributed by atoms with Crippen LogP contribution in [-0.4, -0.2) is 104 Å². The third kappa shape index (κ3) is 14.4. The largest absolute Gasteiger partial charge is 0.476 e. The minimum atomic E-state index is -4.60. The lowest BCUT2D eigenvalue weighted by atomic mass is 10.0. The number of carboxylic acids is 1. The van der Waals surface area contributed by atoms with E-state index < -0.39 is 82.6 Å². The first-order chi connectivity index (χ1) is 38.3. The molecule has 0 bridgehead atoms. The minimum absolute atomic E-state index is 0.0243. The van der Waals surface area contributed by atoms with E-state index >= 15 is 0 Å². The number of rotatable bonds is 10. The summed E-state index contributed by atoms with van der Waals surface area (Å²) in [4.78, 5) is 95.4. The molecule has 2 aliphatic rings.